The van der Waals surface area contributed by atoms with Crippen LogP contribution in [0.4, 0.5) is 0 Å². The first-order valence-corrected chi connectivity index (χ1v) is 13.8. The normalized spacial score (nSPS) is 17.5. The summed E-state index contributed by atoms with van der Waals surface area (Å²) in [4.78, 5) is 13.1. The molecule has 3 rings (SSSR count). The molecule has 0 unspecified atom stereocenters. The average molecular weight is 504 g/mol. The van der Waals surface area contributed by atoms with Gasteiger partial charge < -0.3 is 9.84 Å². The summed E-state index contributed by atoms with van der Waals surface area (Å²) in [6.07, 6.45) is 17.4. The molecular formula is C33H45NO3. The quantitative estimate of drug-likeness (QED) is 0.205. The zero-order valence-corrected chi connectivity index (χ0v) is 24.2. The van der Waals surface area contributed by atoms with Gasteiger partial charge in [0.25, 0.3) is 0 Å². The van der Waals surface area contributed by atoms with Crippen molar-refractivity contribution in [3.8, 4) is 0 Å². The highest BCUT2D eigenvalue weighted by Gasteiger charge is 2.32. The third-order valence-corrected chi connectivity index (χ3v) is 7.02. The predicted molar refractivity (Wildman–Crippen MR) is 149 cm³/mol. The minimum atomic E-state index is -0.196. The molecule has 0 radical (unpaired) electrons. The molecule has 0 saturated heterocycles. The van der Waals surface area contributed by atoms with Crippen molar-refractivity contribution in [1.82, 2.24) is 0 Å². The van der Waals surface area contributed by atoms with Crippen LogP contribution in [0.5, 0.6) is 0 Å². The first-order chi connectivity index (χ1) is 17.3. The molecule has 2 heterocycles. The fraction of sp³-hybridized carbons (Fsp3) is 0.515. The van der Waals surface area contributed by atoms with Gasteiger partial charge in [-0.3, -0.25) is 4.79 Å². The summed E-state index contributed by atoms with van der Waals surface area (Å²) in [5, 5.41) is 13.1. The van der Waals surface area contributed by atoms with Gasteiger partial charge in [-0.1, -0.05) is 79.9 Å². The van der Waals surface area contributed by atoms with Gasteiger partial charge in [-0.2, -0.15) is 0 Å². The minimum Gasteiger partial charge on any atom is -0.871 e. The topological polar surface area (TPSA) is 53.2 Å². The van der Waals surface area contributed by atoms with Crippen molar-refractivity contribution in [3.63, 3.8) is 0 Å². The Balaban J connectivity index is 1.79. The number of Topliss-reactive ketones (excluding diaryl/α,β-unsaturated/α-hetero) is 1. The number of hydrogen-bond donors (Lipinski definition) is 0. The highest BCUT2D eigenvalue weighted by atomic mass is 16.5. The van der Waals surface area contributed by atoms with Gasteiger partial charge in [-0.15, -0.1) is 0 Å². The third-order valence-electron chi connectivity index (χ3n) is 7.02. The summed E-state index contributed by atoms with van der Waals surface area (Å²) in [6, 6.07) is 3.95. The molecule has 2 aliphatic rings. The SMILES string of the molecule is CCCCCCCC[n+]1ccc(C=C2C(=O)C(C(C)=C3C=C(C(C)(C)C)OC(C(C)(C)C)=C3)=C2[O-])cc1. The van der Waals surface area contributed by atoms with E-state index in [0.717, 1.165) is 29.2 Å². The highest BCUT2D eigenvalue weighted by Crippen LogP contribution is 2.42. The van der Waals surface area contributed by atoms with E-state index in [0.29, 0.717) is 5.57 Å². The van der Waals surface area contributed by atoms with E-state index in [1.165, 1.54) is 38.5 Å². The van der Waals surface area contributed by atoms with Gasteiger partial charge in [-0.25, -0.2) is 4.57 Å². The number of aromatic nitrogens is 1. The fourth-order valence-electron chi connectivity index (χ4n) is 4.44. The highest BCUT2D eigenvalue weighted by molar-refractivity contribution is 6.23. The number of aryl methyl sites for hydroxylation is 1. The van der Waals surface area contributed by atoms with E-state index in [9.17, 15) is 9.90 Å². The monoisotopic (exact) mass is 503 g/mol. The molecule has 0 atom stereocenters. The third kappa shape index (κ3) is 7.12. The summed E-state index contributed by atoms with van der Waals surface area (Å²) < 4.78 is 8.40. The molecule has 0 bridgehead atoms. The van der Waals surface area contributed by atoms with Crippen molar-refractivity contribution >= 4 is 11.9 Å². The molecule has 0 saturated carbocycles. The minimum absolute atomic E-state index is 0.179. The lowest BCUT2D eigenvalue weighted by atomic mass is 9.79. The molecule has 4 nitrogen and oxygen atoms in total. The summed E-state index contributed by atoms with van der Waals surface area (Å²) in [5.41, 5.74) is 2.60. The van der Waals surface area contributed by atoms with E-state index in [2.05, 4.69) is 53.0 Å². The van der Waals surface area contributed by atoms with Crippen LogP contribution < -0.4 is 9.67 Å². The molecule has 0 spiro atoms. The van der Waals surface area contributed by atoms with Crippen LogP contribution in [0.1, 0.15) is 99.5 Å². The van der Waals surface area contributed by atoms with Crippen LogP contribution in [0, 0.1) is 10.8 Å². The van der Waals surface area contributed by atoms with Crippen LogP contribution >= 0.6 is 0 Å². The zero-order valence-electron chi connectivity index (χ0n) is 24.2. The molecule has 0 aromatic carbocycles. The second-order valence-electron chi connectivity index (χ2n) is 12.4. The van der Waals surface area contributed by atoms with Crippen LogP contribution in [0.25, 0.3) is 6.08 Å². The van der Waals surface area contributed by atoms with E-state index < -0.39 is 0 Å². The molecule has 1 aliphatic carbocycles. The van der Waals surface area contributed by atoms with Crippen LogP contribution in [0.15, 0.2) is 76.2 Å². The van der Waals surface area contributed by atoms with Crippen LogP contribution in [0.3, 0.4) is 0 Å². The van der Waals surface area contributed by atoms with Crippen molar-refractivity contribution in [2.45, 2.75) is 100 Å². The molecule has 0 N–H and O–H groups in total. The van der Waals surface area contributed by atoms with Crippen LogP contribution in [-0.4, -0.2) is 5.78 Å². The van der Waals surface area contributed by atoms with Crippen molar-refractivity contribution < 1.29 is 19.2 Å². The van der Waals surface area contributed by atoms with Crippen molar-refractivity contribution in [2.24, 2.45) is 10.8 Å². The summed E-state index contributed by atoms with van der Waals surface area (Å²) >= 11 is 0. The van der Waals surface area contributed by atoms with Crippen molar-refractivity contribution in [2.75, 3.05) is 0 Å². The van der Waals surface area contributed by atoms with Gasteiger partial charge in [-0.05, 0) is 48.3 Å². The van der Waals surface area contributed by atoms with E-state index >= 15 is 0 Å². The molecule has 0 amide bonds. The second-order valence-corrected chi connectivity index (χ2v) is 12.4. The van der Waals surface area contributed by atoms with Crippen LogP contribution in [0.2, 0.25) is 0 Å². The molecular weight excluding hydrogens is 458 g/mol. The van der Waals surface area contributed by atoms with Gasteiger partial charge in [0.15, 0.2) is 18.2 Å². The Morgan fingerprint density at radius 3 is 1.97 bits per heavy atom. The smallest absolute Gasteiger partial charge is 0.192 e. The maximum atomic E-state index is 13.1. The van der Waals surface area contributed by atoms with Crippen molar-refractivity contribution in [3.05, 3.63) is 81.8 Å². The number of carbonyl (C=O) groups is 1. The molecule has 200 valence electrons. The molecule has 0 fully saturated rings. The maximum absolute atomic E-state index is 13.1. The number of ether oxygens (including phenoxy) is 1. The zero-order chi connectivity index (χ0) is 27.4. The van der Waals surface area contributed by atoms with Gasteiger partial charge in [0.05, 0.1) is 0 Å². The Bertz CT molecular complexity index is 1130. The number of carbonyl (C=O) groups excluding carboxylic acids is 1. The van der Waals surface area contributed by atoms with E-state index in [1.54, 1.807) is 6.08 Å². The number of nitrogens with zero attached hydrogens (tertiary/aromatic N) is 1. The first kappa shape index (κ1) is 28.7. The van der Waals surface area contributed by atoms with Gasteiger partial charge in [0.2, 0.25) is 0 Å². The Labute approximate surface area is 224 Å². The average Bonchev–Trinajstić information content (AvgIpc) is 2.84. The van der Waals surface area contributed by atoms with E-state index in [1.807, 2.05) is 43.6 Å². The molecule has 1 aliphatic heterocycles. The number of allylic oxidation sites excluding steroid dienone is 8. The number of pyridine rings is 1. The second kappa shape index (κ2) is 11.7. The Morgan fingerprint density at radius 1 is 0.919 bits per heavy atom. The van der Waals surface area contributed by atoms with Crippen LogP contribution in [-0.2, 0) is 16.1 Å². The van der Waals surface area contributed by atoms with E-state index in [4.69, 9.17) is 4.74 Å². The molecule has 4 heteroatoms. The number of hydrogen-bond acceptors (Lipinski definition) is 3. The summed E-state index contributed by atoms with van der Waals surface area (Å²) in [6.45, 7) is 17.7. The first-order valence-electron chi connectivity index (χ1n) is 13.8. The van der Waals surface area contributed by atoms with Gasteiger partial charge >= 0.3 is 0 Å². The Hall–Kier alpha value is -2.88. The standard InChI is InChI=1S/C33H45NO3/c1-9-10-11-12-13-14-17-34-18-15-24(16-19-34)20-26-30(35)29(31(26)36)23(2)25-21-27(32(3,4)5)37-28(22-25)33(6,7)8/h15-16,18-22H,9-14,17H2,1-8H3. The van der Waals surface area contributed by atoms with Crippen molar-refractivity contribution in [1.29, 1.82) is 0 Å². The Kier molecular flexibility index (Phi) is 9.05. The predicted octanol–water partition coefficient (Wildman–Crippen LogP) is 7.12. The largest absolute Gasteiger partial charge is 0.871 e. The molecule has 37 heavy (non-hydrogen) atoms. The number of ketones is 1. The lowest BCUT2D eigenvalue weighted by Gasteiger charge is -2.35. The fourth-order valence-corrected chi connectivity index (χ4v) is 4.44. The molecule has 1 aromatic rings. The maximum Gasteiger partial charge on any atom is 0.192 e. The lowest BCUT2D eigenvalue weighted by Crippen LogP contribution is -2.33. The number of rotatable bonds is 9. The number of unbranched alkanes of at least 4 members (excludes halogenated alkanes) is 5. The molecule has 1 aromatic heterocycles. The van der Waals surface area contributed by atoms with Gasteiger partial charge in [0, 0.05) is 40.5 Å². The summed E-state index contributed by atoms with van der Waals surface area (Å²) in [5.74, 6) is 1.32. The summed E-state index contributed by atoms with van der Waals surface area (Å²) in [7, 11) is 0. The Morgan fingerprint density at radius 2 is 1.46 bits per heavy atom. The van der Waals surface area contributed by atoms with E-state index in [-0.39, 0.29) is 33.5 Å². The lowest BCUT2D eigenvalue weighted by molar-refractivity contribution is -0.697. The van der Waals surface area contributed by atoms with Gasteiger partial charge in [0.1, 0.15) is 18.1 Å².